The molecule has 104 valence electrons. The summed E-state index contributed by atoms with van der Waals surface area (Å²) in [6, 6.07) is -0.150. The first-order chi connectivity index (χ1) is 9.24. The summed E-state index contributed by atoms with van der Waals surface area (Å²) in [7, 11) is 0. The van der Waals surface area contributed by atoms with Gasteiger partial charge in [0, 0.05) is 0 Å². The van der Waals surface area contributed by atoms with Crippen molar-refractivity contribution >= 4 is 0 Å². The Hall–Kier alpha value is -0.940. The highest BCUT2D eigenvalue weighted by atomic mass is 16.4. The lowest BCUT2D eigenvalue weighted by Gasteiger charge is -2.55. The van der Waals surface area contributed by atoms with Gasteiger partial charge in [0.1, 0.15) is 6.61 Å². The third kappa shape index (κ3) is 1.82. The van der Waals surface area contributed by atoms with E-state index < -0.39 is 0 Å². The minimum absolute atomic E-state index is 0.150. The van der Waals surface area contributed by atoms with Gasteiger partial charge in [-0.3, -0.25) is 0 Å². The van der Waals surface area contributed by atoms with Crippen LogP contribution in [0.2, 0.25) is 0 Å². The molecule has 1 heterocycles. The SMILES string of the molecule is NC(c1nnc(CO)o1)C1C2CC3CC(C2)CC1C3. The highest BCUT2D eigenvalue weighted by Crippen LogP contribution is 2.58. The lowest BCUT2D eigenvalue weighted by Crippen LogP contribution is -2.48. The zero-order chi connectivity index (χ0) is 13.0. The number of aromatic nitrogens is 2. The van der Waals surface area contributed by atoms with Gasteiger partial charge in [0.2, 0.25) is 11.8 Å². The predicted octanol–water partition coefficient (Wildman–Crippen LogP) is 1.63. The zero-order valence-electron chi connectivity index (χ0n) is 11.0. The summed E-state index contributed by atoms with van der Waals surface area (Å²) in [6.07, 6.45) is 6.81. The van der Waals surface area contributed by atoms with Crippen molar-refractivity contribution in [3.8, 4) is 0 Å². The van der Waals surface area contributed by atoms with Gasteiger partial charge in [0.25, 0.3) is 0 Å². The molecule has 1 atom stereocenters. The van der Waals surface area contributed by atoms with E-state index >= 15 is 0 Å². The monoisotopic (exact) mass is 263 g/mol. The normalized spacial score (nSPS) is 41.7. The third-order valence-electron chi connectivity index (χ3n) is 5.62. The summed E-state index contributed by atoms with van der Waals surface area (Å²) in [5, 5.41) is 16.8. The molecule has 4 fully saturated rings. The average molecular weight is 263 g/mol. The van der Waals surface area contributed by atoms with Gasteiger partial charge in [-0.25, -0.2) is 0 Å². The van der Waals surface area contributed by atoms with Crippen LogP contribution in [-0.4, -0.2) is 15.3 Å². The standard InChI is InChI=1S/C14H21N3O2/c15-13(14-17-16-11(6-18)19-14)12-9-2-7-1-8(4-9)5-10(12)3-7/h7-10,12-13,18H,1-6,15H2. The molecule has 3 N–H and O–H groups in total. The van der Waals surface area contributed by atoms with E-state index in [1.54, 1.807) is 0 Å². The van der Waals surface area contributed by atoms with Crippen LogP contribution in [0.4, 0.5) is 0 Å². The van der Waals surface area contributed by atoms with Crippen molar-refractivity contribution in [3.63, 3.8) is 0 Å². The number of hydrogen-bond donors (Lipinski definition) is 2. The van der Waals surface area contributed by atoms with Crippen LogP contribution in [-0.2, 0) is 6.61 Å². The van der Waals surface area contributed by atoms with Crippen LogP contribution in [0, 0.1) is 29.6 Å². The molecule has 5 nitrogen and oxygen atoms in total. The van der Waals surface area contributed by atoms with E-state index in [0.29, 0.717) is 11.8 Å². The summed E-state index contributed by atoms with van der Waals surface area (Å²) in [6.45, 7) is -0.207. The van der Waals surface area contributed by atoms with E-state index in [-0.39, 0.29) is 18.5 Å². The molecule has 1 unspecified atom stereocenters. The van der Waals surface area contributed by atoms with E-state index in [1.165, 1.54) is 32.1 Å². The van der Waals surface area contributed by atoms with Gasteiger partial charge >= 0.3 is 0 Å². The first-order valence-corrected chi connectivity index (χ1v) is 7.43. The van der Waals surface area contributed by atoms with Gasteiger partial charge in [0.05, 0.1) is 6.04 Å². The minimum atomic E-state index is -0.207. The highest BCUT2D eigenvalue weighted by Gasteiger charge is 2.50. The van der Waals surface area contributed by atoms with Gasteiger partial charge in [-0.15, -0.1) is 10.2 Å². The quantitative estimate of drug-likeness (QED) is 0.865. The van der Waals surface area contributed by atoms with E-state index in [2.05, 4.69) is 10.2 Å². The summed E-state index contributed by atoms with van der Waals surface area (Å²) in [4.78, 5) is 0. The van der Waals surface area contributed by atoms with Gasteiger partial charge < -0.3 is 15.3 Å². The van der Waals surface area contributed by atoms with Gasteiger partial charge in [0.15, 0.2) is 0 Å². The Kier molecular flexibility index (Phi) is 2.67. The maximum Gasteiger partial charge on any atom is 0.241 e. The fourth-order valence-electron chi connectivity index (χ4n) is 5.18. The second-order valence-corrected chi connectivity index (χ2v) is 6.73. The van der Waals surface area contributed by atoms with Crippen molar-refractivity contribution in [3.05, 3.63) is 11.8 Å². The Morgan fingerprint density at radius 3 is 2.26 bits per heavy atom. The maximum atomic E-state index is 9.01. The molecule has 0 saturated heterocycles. The van der Waals surface area contributed by atoms with Crippen LogP contribution in [0.15, 0.2) is 4.42 Å². The molecule has 0 spiro atoms. The number of aliphatic hydroxyl groups excluding tert-OH is 1. The van der Waals surface area contributed by atoms with Gasteiger partial charge in [-0.1, -0.05) is 0 Å². The molecule has 0 amide bonds. The second-order valence-electron chi connectivity index (χ2n) is 6.73. The van der Waals surface area contributed by atoms with E-state index in [0.717, 1.165) is 23.7 Å². The molecular weight excluding hydrogens is 242 g/mol. The van der Waals surface area contributed by atoms with Crippen LogP contribution in [0.5, 0.6) is 0 Å². The summed E-state index contributed by atoms with van der Waals surface area (Å²) < 4.78 is 5.45. The Labute approximate surface area is 112 Å². The number of hydrogen-bond acceptors (Lipinski definition) is 5. The van der Waals surface area contributed by atoms with E-state index in [1.807, 2.05) is 0 Å². The fourth-order valence-corrected chi connectivity index (χ4v) is 5.18. The van der Waals surface area contributed by atoms with Crippen LogP contribution in [0.25, 0.3) is 0 Å². The lowest BCUT2D eigenvalue weighted by molar-refractivity contribution is -0.0504. The molecule has 0 aliphatic heterocycles. The molecule has 4 aliphatic carbocycles. The summed E-state index contributed by atoms with van der Waals surface area (Å²) in [5.74, 6) is 4.67. The highest BCUT2D eigenvalue weighted by molar-refractivity contribution is 5.04. The Bertz CT molecular complexity index is 445. The minimum Gasteiger partial charge on any atom is -0.421 e. The average Bonchev–Trinajstić information content (AvgIpc) is 2.86. The number of rotatable bonds is 3. The first kappa shape index (κ1) is 11.9. The van der Waals surface area contributed by atoms with Crippen molar-refractivity contribution in [2.45, 2.75) is 44.8 Å². The van der Waals surface area contributed by atoms with Crippen molar-refractivity contribution < 1.29 is 9.52 Å². The third-order valence-corrected chi connectivity index (χ3v) is 5.62. The number of nitrogens with two attached hydrogens (primary N) is 1. The predicted molar refractivity (Wildman–Crippen MR) is 67.7 cm³/mol. The van der Waals surface area contributed by atoms with Crippen molar-refractivity contribution in [2.75, 3.05) is 0 Å². The van der Waals surface area contributed by atoms with Gasteiger partial charge in [-0.05, 0) is 61.7 Å². The molecule has 0 aromatic carbocycles. The Morgan fingerprint density at radius 1 is 1.11 bits per heavy atom. The van der Waals surface area contributed by atoms with Crippen molar-refractivity contribution in [2.24, 2.45) is 35.3 Å². The van der Waals surface area contributed by atoms with Crippen LogP contribution in [0.3, 0.4) is 0 Å². The number of aliphatic hydroxyl groups is 1. The molecule has 4 saturated carbocycles. The molecular formula is C14H21N3O2. The molecule has 19 heavy (non-hydrogen) atoms. The second kappa shape index (κ2) is 4.28. The van der Waals surface area contributed by atoms with Crippen LogP contribution < -0.4 is 5.73 Å². The van der Waals surface area contributed by atoms with Crippen LogP contribution >= 0.6 is 0 Å². The molecule has 1 aromatic heterocycles. The Balaban J connectivity index is 1.58. The van der Waals surface area contributed by atoms with Crippen LogP contribution in [0.1, 0.15) is 49.9 Å². The largest absolute Gasteiger partial charge is 0.421 e. The molecule has 4 aliphatic rings. The first-order valence-electron chi connectivity index (χ1n) is 7.43. The molecule has 1 aromatic rings. The number of nitrogens with zero attached hydrogens (tertiary/aromatic N) is 2. The molecule has 4 bridgehead atoms. The Morgan fingerprint density at radius 2 is 1.74 bits per heavy atom. The smallest absolute Gasteiger partial charge is 0.241 e. The summed E-state index contributed by atoms with van der Waals surface area (Å²) in [5.41, 5.74) is 6.41. The van der Waals surface area contributed by atoms with Crippen molar-refractivity contribution in [1.82, 2.24) is 10.2 Å². The topological polar surface area (TPSA) is 85.2 Å². The maximum absolute atomic E-state index is 9.01. The van der Waals surface area contributed by atoms with Gasteiger partial charge in [-0.2, -0.15) is 0 Å². The van der Waals surface area contributed by atoms with E-state index in [9.17, 15) is 0 Å². The zero-order valence-corrected chi connectivity index (χ0v) is 11.0. The fraction of sp³-hybridized carbons (Fsp3) is 0.857. The van der Waals surface area contributed by atoms with Crippen molar-refractivity contribution in [1.29, 1.82) is 0 Å². The lowest BCUT2D eigenvalue weighted by atomic mass is 9.50. The molecule has 5 heteroatoms. The molecule has 5 rings (SSSR count). The van der Waals surface area contributed by atoms with E-state index in [4.69, 9.17) is 15.3 Å². The molecule has 0 radical (unpaired) electrons. The summed E-state index contributed by atoms with van der Waals surface area (Å²) >= 11 is 0.